The van der Waals surface area contributed by atoms with Crippen molar-refractivity contribution < 1.29 is 9.84 Å². The summed E-state index contributed by atoms with van der Waals surface area (Å²) in [5.74, 6) is 0. The SMILES string of the molecule is CC(C)NC1(CO)CCC(N2CC3CCC(C2)O3)C1. The van der Waals surface area contributed by atoms with Crippen LogP contribution in [0.15, 0.2) is 0 Å². The number of hydrogen-bond acceptors (Lipinski definition) is 4. The molecule has 4 unspecified atom stereocenters. The minimum atomic E-state index is -0.0455. The Labute approximate surface area is 116 Å². The molecule has 4 atom stereocenters. The van der Waals surface area contributed by atoms with Crippen molar-refractivity contribution in [3.05, 3.63) is 0 Å². The number of nitrogens with one attached hydrogen (secondary N) is 1. The highest BCUT2D eigenvalue weighted by Gasteiger charge is 2.44. The molecule has 4 heteroatoms. The van der Waals surface area contributed by atoms with E-state index in [-0.39, 0.29) is 12.1 Å². The maximum Gasteiger partial charge on any atom is 0.0707 e. The quantitative estimate of drug-likeness (QED) is 0.802. The smallest absolute Gasteiger partial charge is 0.0707 e. The Kier molecular flexibility index (Phi) is 3.87. The van der Waals surface area contributed by atoms with E-state index in [1.807, 2.05) is 0 Å². The van der Waals surface area contributed by atoms with E-state index >= 15 is 0 Å². The highest BCUT2D eigenvalue weighted by Crippen LogP contribution is 2.36. The van der Waals surface area contributed by atoms with Gasteiger partial charge in [-0.3, -0.25) is 4.90 Å². The molecule has 0 aromatic rings. The number of ether oxygens (including phenoxy) is 1. The lowest BCUT2D eigenvalue weighted by Gasteiger charge is -2.38. The van der Waals surface area contributed by atoms with Gasteiger partial charge in [-0.2, -0.15) is 0 Å². The average Bonchev–Trinajstić information content (AvgIpc) is 2.94. The van der Waals surface area contributed by atoms with E-state index in [1.165, 1.54) is 19.3 Å². The zero-order valence-corrected chi connectivity index (χ0v) is 12.3. The zero-order chi connectivity index (χ0) is 13.5. The minimum Gasteiger partial charge on any atom is -0.394 e. The van der Waals surface area contributed by atoms with E-state index in [1.54, 1.807) is 0 Å². The number of morpholine rings is 1. The lowest BCUT2D eigenvalue weighted by atomic mass is 9.97. The first-order chi connectivity index (χ1) is 9.10. The monoisotopic (exact) mass is 268 g/mol. The lowest BCUT2D eigenvalue weighted by Crippen LogP contribution is -2.52. The Morgan fingerprint density at radius 3 is 2.53 bits per heavy atom. The number of aliphatic hydroxyl groups excluding tert-OH is 1. The van der Waals surface area contributed by atoms with Crippen LogP contribution in [0.2, 0.25) is 0 Å². The molecule has 0 radical (unpaired) electrons. The summed E-state index contributed by atoms with van der Waals surface area (Å²) in [6, 6.07) is 1.07. The number of hydrogen-bond donors (Lipinski definition) is 2. The van der Waals surface area contributed by atoms with Crippen LogP contribution in [0.1, 0.15) is 46.0 Å². The zero-order valence-electron chi connectivity index (χ0n) is 12.3. The van der Waals surface area contributed by atoms with Gasteiger partial charge >= 0.3 is 0 Å². The topological polar surface area (TPSA) is 44.7 Å². The molecular weight excluding hydrogens is 240 g/mol. The largest absolute Gasteiger partial charge is 0.394 e. The first-order valence-electron chi connectivity index (χ1n) is 7.88. The molecule has 110 valence electrons. The van der Waals surface area contributed by atoms with Crippen LogP contribution in [0.4, 0.5) is 0 Å². The van der Waals surface area contributed by atoms with Crippen LogP contribution in [0, 0.1) is 0 Å². The summed E-state index contributed by atoms with van der Waals surface area (Å²) in [6.07, 6.45) is 6.81. The van der Waals surface area contributed by atoms with Crippen molar-refractivity contribution in [2.24, 2.45) is 0 Å². The summed E-state index contributed by atoms with van der Waals surface area (Å²) in [6.45, 7) is 6.80. The predicted molar refractivity (Wildman–Crippen MR) is 75.2 cm³/mol. The molecule has 4 nitrogen and oxygen atoms in total. The minimum absolute atomic E-state index is 0.0455. The molecule has 0 amide bonds. The molecule has 2 bridgehead atoms. The molecule has 3 fully saturated rings. The molecule has 19 heavy (non-hydrogen) atoms. The molecule has 0 aromatic heterocycles. The van der Waals surface area contributed by atoms with Gasteiger partial charge in [0.1, 0.15) is 0 Å². The number of rotatable bonds is 4. The molecule has 2 saturated heterocycles. The van der Waals surface area contributed by atoms with Crippen molar-refractivity contribution in [1.82, 2.24) is 10.2 Å². The molecular formula is C15H28N2O2. The van der Waals surface area contributed by atoms with Gasteiger partial charge in [-0.1, -0.05) is 13.8 Å². The van der Waals surface area contributed by atoms with Crippen LogP contribution in [0.3, 0.4) is 0 Å². The van der Waals surface area contributed by atoms with Gasteiger partial charge < -0.3 is 15.2 Å². The maximum atomic E-state index is 9.79. The fourth-order valence-electron chi connectivity index (χ4n) is 4.29. The van der Waals surface area contributed by atoms with E-state index in [9.17, 15) is 5.11 Å². The molecule has 3 rings (SSSR count). The molecule has 0 spiro atoms. The van der Waals surface area contributed by atoms with Gasteiger partial charge in [0.25, 0.3) is 0 Å². The van der Waals surface area contributed by atoms with Gasteiger partial charge in [-0.15, -0.1) is 0 Å². The summed E-state index contributed by atoms with van der Waals surface area (Å²) >= 11 is 0. The molecule has 1 aliphatic carbocycles. The number of aliphatic hydroxyl groups is 1. The van der Waals surface area contributed by atoms with E-state index < -0.39 is 0 Å². The summed E-state index contributed by atoms with van der Waals surface area (Å²) in [5, 5.41) is 13.4. The molecule has 1 saturated carbocycles. The summed E-state index contributed by atoms with van der Waals surface area (Å²) in [4.78, 5) is 2.63. The van der Waals surface area contributed by atoms with Gasteiger partial charge in [0, 0.05) is 30.7 Å². The van der Waals surface area contributed by atoms with Gasteiger partial charge in [0.2, 0.25) is 0 Å². The predicted octanol–water partition coefficient (Wildman–Crippen LogP) is 1.13. The van der Waals surface area contributed by atoms with Crippen LogP contribution < -0.4 is 5.32 Å². The standard InChI is InChI=1S/C15H28N2O2/c1-11(2)16-15(10-18)6-5-12(7-15)17-8-13-3-4-14(9-17)19-13/h11-14,16,18H,3-10H2,1-2H3. The van der Waals surface area contributed by atoms with Crippen LogP contribution in [-0.4, -0.2) is 59.5 Å². The van der Waals surface area contributed by atoms with E-state index in [0.717, 1.165) is 25.9 Å². The second-order valence-electron chi connectivity index (χ2n) is 7.05. The van der Waals surface area contributed by atoms with Crippen molar-refractivity contribution in [3.63, 3.8) is 0 Å². The number of fused-ring (bicyclic) bond motifs is 2. The van der Waals surface area contributed by atoms with Gasteiger partial charge in [0.15, 0.2) is 0 Å². The summed E-state index contributed by atoms with van der Waals surface area (Å²) in [5.41, 5.74) is -0.0455. The van der Waals surface area contributed by atoms with Crippen molar-refractivity contribution in [2.75, 3.05) is 19.7 Å². The fraction of sp³-hybridized carbons (Fsp3) is 1.00. The maximum absolute atomic E-state index is 9.79. The molecule has 3 aliphatic rings. The highest BCUT2D eigenvalue weighted by molar-refractivity contribution is 5.01. The van der Waals surface area contributed by atoms with Gasteiger partial charge in [0.05, 0.1) is 18.8 Å². The van der Waals surface area contributed by atoms with Crippen LogP contribution in [-0.2, 0) is 4.74 Å². The Balaban J connectivity index is 1.61. The average molecular weight is 268 g/mol. The second kappa shape index (κ2) is 5.32. The Bertz CT molecular complexity index is 311. The van der Waals surface area contributed by atoms with E-state index in [0.29, 0.717) is 24.3 Å². The Morgan fingerprint density at radius 2 is 1.95 bits per heavy atom. The number of likely N-dealkylation sites (tertiary alicyclic amines) is 1. The molecule has 2 N–H and O–H groups in total. The highest BCUT2D eigenvalue weighted by atomic mass is 16.5. The second-order valence-corrected chi connectivity index (χ2v) is 7.05. The van der Waals surface area contributed by atoms with E-state index in [2.05, 4.69) is 24.1 Å². The van der Waals surface area contributed by atoms with Crippen molar-refractivity contribution in [3.8, 4) is 0 Å². The van der Waals surface area contributed by atoms with Crippen molar-refractivity contribution in [2.45, 2.75) is 75.8 Å². The normalized spacial score (nSPS) is 43.3. The Morgan fingerprint density at radius 1 is 1.26 bits per heavy atom. The Hall–Kier alpha value is -0.160. The van der Waals surface area contributed by atoms with Gasteiger partial charge in [-0.05, 0) is 32.1 Å². The fourth-order valence-corrected chi connectivity index (χ4v) is 4.29. The third kappa shape index (κ3) is 2.82. The van der Waals surface area contributed by atoms with Crippen LogP contribution in [0.25, 0.3) is 0 Å². The summed E-state index contributed by atoms with van der Waals surface area (Å²) in [7, 11) is 0. The van der Waals surface area contributed by atoms with Crippen molar-refractivity contribution >= 4 is 0 Å². The van der Waals surface area contributed by atoms with E-state index in [4.69, 9.17) is 4.74 Å². The first kappa shape index (κ1) is 13.8. The third-order valence-electron chi connectivity index (χ3n) is 5.07. The van der Waals surface area contributed by atoms with Crippen LogP contribution >= 0.6 is 0 Å². The third-order valence-corrected chi connectivity index (χ3v) is 5.07. The summed E-state index contributed by atoms with van der Waals surface area (Å²) < 4.78 is 5.92. The van der Waals surface area contributed by atoms with Crippen molar-refractivity contribution in [1.29, 1.82) is 0 Å². The van der Waals surface area contributed by atoms with Crippen LogP contribution in [0.5, 0.6) is 0 Å². The molecule has 0 aromatic carbocycles. The molecule has 2 aliphatic heterocycles. The number of nitrogens with zero attached hydrogens (tertiary/aromatic N) is 1. The lowest BCUT2D eigenvalue weighted by molar-refractivity contribution is -0.0531. The molecule has 2 heterocycles. The van der Waals surface area contributed by atoms with Gasteiger partial charge in [-0.25, -0.2) is 0 Å². The first-order valence-corrected chi connectivity index (χ1v) is 7.88.